The lowest BCUT2D eigenvalue weighted by molar-refractivity contribution is -0.147. The number of carbonyl (C=O) groups excluding carboxylic acids is 2. The molecule has 2 amide bonds. The van der Waals surface area contributed by atoms with Gasteiger partial charge in [-0.2, -0.15) is 0 Å². The monoisotopic (exact) mass is 308 g/mol. The molecule has 0 aromatic carbocycles. The molecule has 1 aliphatic heterocycles. The third kappa shape index (κ3) is 3.47. The Morgan fingerprint density at radius 2 is 2.14 bits per heavy atom. The van der Waals surface area contributed by atoms with Gasteiger partial charge in [0.2, 0.25) is 5.91 Å². The summed E-state index contributed by atoms with van der Waals surface area (Å²) in [6.07, 6.45) is 2.58. The first-order valence-corrected chi connectivity index (χ1v) is 7.27. The van der Waals surface area contributed by atoms with Crippen LogP contribution < -0.4 is 5.32 Å². The molecule has 1 fully saturated rings. The smallest absolute Gasteiger partial charge is 0.308 e. The van der Waals surface area contributed by atoms with Crippen LogP contribution in [-0.4, -0.2) is 46.4 Å². The lowest BCUT2D eigenvalue weighted by Gasteiger charge is -2.38. The Bertz CT molecular complexity index is 554. The molecule has 7 heteroatoms. The van der Waals surface area contributed by atoms with Gasteiger partial charge >= 0.3 is 5.97 Å². The lowest BCUT2D eigenvalue weighted by Crippen LogP contribution is -2.54. The van der Waals surface area contributed by atoms with Crippen molar-refractivity contribution in [2.75, 3.05) is 6.54 Å². The molecule has 7 nitrogen and oxygen atoms in total. The summed E-state index contributed by atoms with van der Waals surface area (Å²) in [6, 6.07) is 2.32. The second-order valence-corrected chi connectivity index (χ2v) is 5.62. The van der Waals surface area contributed by atoms with Gasteiger partial charge in [0.05, 0.1) is 12.2 Å². The molecule has 0 radical (unpaired) electrons. The van der Waals surface area contributed by atoms with Crippen molar-refractivity contribution in [3.8, 4) is 0 Å². The second kappa shape index (κ2) is 6.64. The van der Waals surface area contributed by atoms with Gasteiger partial charge in [-0.05, 0) is 38.8 Å². The molecule has 2 heterocycles. The first-order valence-electron chi connectivity index (χ1n) is 7.27. The molecule has 2 N–H and O–H groups in total. The number of hydrogen-bond acceptors (Lipinski definition) is 4. The molecule has 1 aromatic heterocycles. The number of carboxylic acids is 1. The van der Waals surface area contributed by atoms with Crippen molar-refractivity contribution in [3.05, 3.63) is 24.2 Å². The highest BCUT2D eigenvalue weighted by molar-refractivity contribution is 5.95. The van der Waals surface area contributed by atoms with E-state index in [0.29, 0.717) is 12.8 Å². The summed E-state index contributed by atoms with van der Waals surface area (Å²) in [5.41, 5.74) is 0. The van der Waals surface area contributed by atoms with E-state index < -0.39 is 23.8 Å². The molecule has 1 aliphatic rings. The predicted octanol–water partition coefficient (Wildman–Crippen LogP) is 1.11. The van der Waals surface area contributed by atoms with Crippen molar-refractivity contribution in [2.45, 2.75) is 38.8 Å². The predicted molar refractivity (Wildman–Crippen MR) is 77.2 cm³/mol. The standard InChI is InChI=1S/C15H20N2O5/c1-9-5-6-11(15(20)21)8-17(9)14(19)10(2)16-13(18)12-4-3-7-22-12/h3-4,7,9-11H,5-6,8H2,1-2H3,(H,16,18)(H,20,21). The maximum Gasteiger partial charge on any atom is 0.308 e. The van der Waals surface area contributed by atoms with E-state index in [1.807, 2.05) is 6.92 Å². The van der Waals surface area contributed by atoms with E-state index >= 15 is 0 Å². The van der Waals surface area contributed by atoms with Gasteiger partial charge in [-0.1, -0.05) is 0 Å². The highest BCUT2D eigenvalue weighted by atomic mass is 16.4. The molecule has 0 spiro atoms. The Labute approximate surface area is 128 Å². The van der Waals surface area contributed by atoms with Gasteiger partial charge in [0.1, 0.15) is 6.04 Å². The third-order valence-electron chi connectivity index (χ3n) is 3.98. The Hall–Kier alpha value is -2.31. The summed E-state index contributed by atoms with van der Waals surface area (Å²) in [5.74, 6) is -2.05. The SMILES string of the molecule is CC(NC(=O)c1ccco1)C(=O)N1CC(C(=O)O)CCC1C. The molecule has 0 saturated carbocycles. The van der Waals surface area contributed by atoms with E-state index in [2.05, 4.69) is 5.32 Å². The molecule has 120 valence electrons. The Kier molecular flexibility index (Phi) is 4.85. The largest absolute Gasteiger partial charge is 0.481 e. The van der Waals surface area contributed by atoms with E-state index in [9.17, 15) is 14.4 Å². The van der Waals surface area contributed by atoms with E-state index in [0.717, 1.165) is 0 Å². The summed E-state index contributed by atoms with van der Waals surface area (Å²) < 4.78 is 4.98. The van der Waals surface area contributed by atoms with Crippen LogP contribution in [0, 0.1) is 5.92 Å². The van der Waals surface area contributed by atoms with Crippen LogP contribution in [0.15, 0.2) is 22.8 Å². The van der Waals surface area contributed by atoms with Crippen molar-refractivity contribution in [3.63, 3.8) is 0 Å². The van der Waals surface area contributed by atoms with Crippen LogP contribution in [0.1, 0.15) is 37.2 Å². The topological polar surface area (TPSA) is 99.9 Å². The summed E-state index contributed by atoms with van der Waals surface area (Å²) in [6.45, 7) is 3.65. The van der Waals surface area contributed by atoms with Crippen LogP contribution in [0.25, 0.3) is 0 Å². The Morgan fingerprint density at radius 3 is 2.73 bits per heavy atom. The van der Waals surface area contributed by atoms with Gasteiger partial charge in [0.25, 0.3) is 5.91 Å². The molecule has 3 atom stereocenters. The third-order valence-corrected chi connectivity index (χ3v) is 3.98. The van der Waals surface area contributed by atoms with Crippen molar-refractivity contribution >= 4 is 17.8 Å². The van der Waals surface area contributed by atoms with E-state index in [4.69, 9.17) is 9.52 Å². The van der Waals surface area contributed by atoms with Crippen LogP contribution in [0.5, 0.6) is 0 Å². The maximum absolute atomic E-state index is 12.5. The number of likely N-dealkylation sites (tertiary alicyclic amines) is 1. The van der Waals surface area contributed by atoms with Crippen LogP contribution in [0.3, 0.4) is 0 Å². The number of rotatable bonds is 4. The fourth-order valence-electron chi connectivity index (χ4n) is 2.60. The second-order valence-electron chi connectivity index (χ2n) is 5.62. The summed E-state index contributed by atoms with van der Waals surface area (Å²) >= 11 is 0. The minimum atomic E-state index is -0.892. The minimum Gasteiger partial charge on any atom is -0.481 e. The fourth-order valence-corrected chi connectivity index (χ4v) is 2.60. The zero-order chi connectivity index (χ0) is 16.3. The van der Waals surface area contributed by atoms with Gasteiger partial charge in [0, 0.05) is 12.6 Å². The van der Waals surface area contributed by atoms with Gasteiger partial charge in [-0.3, -0.25) is 14.4 Å². The zero-order valence-corrected chi connectivity index (χ0v) is 12.6. The number of furan rings is 1. The average Bonchev–Trinajstić information content (AvgIpc) is 3.01. The number of piperidine rings is 1. The van der Waals surface area contributed by atoms with E-state index in [1.165, 1.54) is 17.2 Å². The number of carboxylic acid groups (broad SMARTS) is 1. The van der Waals surface area contributed by atoms with Crippen molar-refractivity contribution in [1.82, 2.24) is 10.2 Å². The van der Waals surface area contributed by atoms with E-state index in [-0.39, 0.29) is 24.3 Å². The maximum atomic E-state index is 12.5. The Morgan fingerprint density at radius 1 is 1.41 bits per heavy atom. The quantitative estimate of drug-likeness (QED) is 0.868. The molecule has 1 saturated heterocycles. The number of hydrogen-bond donors (Lipinski definition) is 2. The van der Waals surface area contributed by atoms with Crippen LogP contribution >= 0.6 is 0 Å². The van der Waals surface area contributed by atoms with Crippen LogP contribution in [0.2, 0.25) is 0 Å². The van der Waals surface area contributed by atoms with Crippen molar-refractivity contribution < 1.29 is 23.9 Å². The molecule has 3 unspecified atom stereocenters. The number of amides is 2. The van der Waals surface area contributed by atoms with Gasteiger partial charge in [-0.15, -0.1) is 0 Å². The van der Waals surface area contributed by atoms with Crippen molar-refractivity contribution in [2.24, 2.45) is 5.92 Å². The first kappa shape index (κ1) is 16.1. The summed E-state index contributed by atoms with van der Waals surface area (Å²) in [5, 5.41) is 11.7. The number of aliphatic carboxylic acids is 1. The van der Waals surface area contributed by atoms with E-state index in [1.54, 1.807) is 13.0 Å². The molecule has 0 aliphatic carbocycles. The minimum absolute atomic E-state index is 0.0361. The normalized spacial score (nSPS) is 22.9. The average molecular weight is 308 g/mol. The van der Waals surface area contributed by atoms with Gasteiger partial charge in [-0.25, -0.2) is 0 Å². The number of nitrogens with one attached hydrogen (secondary N) is 1. The highest BCUT2D eigenvalue weighted by Gasteiger charge is 2.34. The van der Waals surface area contributed by atoms with Crippen LogP contribution in [0.4, 0.5) is 0 Å². The summed E-state index contributed by atoms with van der Waals surface area (Å²) in [7, 11) is 0. The van der Waals surface area contributed by atoms with Crippen molar-refractivity contribution in [1.29, 1.82) is 0 Å². The number of carbonyl (C=O) groups is 3. The fraction of sp³-hybridized carbons (Fsp3) is 0.533. The van der Waals surface area contributed by atoms with Gasteiger partial charge in [0.15, 0.2) is 5.76 Å². The first-order chi connectivity index (χ1) is 10.4. The zero-order valence-electron chi connectivity index (χ0n) is 12.6. The highest BCUT2D eigenvalue weighted by Crippen LogP contribution is 2.22. The molecule has 22 heavy (non-hydrogen) atoms. The van der Waals surface area contributed by atoms with Gasteiger partial charge < -0.3 is 19.7 Å². The number of nitrogens with zero attached hydrogens (tertiary/aromatic N) is 1. The lowest BCUT2D eigenvalue weighted by atomic mass is 9.93. The molecular weight excluding hydrogens is 288 g/mol. The molecule has 2 rings (SSSR count). The Balaban J connectivity index is 1.99. The molecular formula is C15H20N2O5. The molecule has 1 aromatic rings. The van der Waals surface area contributed by atoms with Crippen LogP contribution in [-0.2, 0) is 9.59 Å². The summed E-state index contributed by atoms with van der Waals surface area (Å²) in [4.78, 5) is 37.0. The molecule has 0 bridgehead atoms.